The lowest BCUT2D eigenvalue weighted by molar-refractivity contribution is 0.660. The Morgan fingerprint density at radius 3 is 1.74 bits per heavy atom. The highest BCUT2D eigenvalue weighted by atomic mass is 15.2. The zero-order chi connectivity index (χ0) is 38.4. The molecule has 1 heterocycles. The van der Waals surface area contributed by atoms with Crippen LogP contribution in [0.5, 0.6) is 0 Å². The molecular formula is C54H41N3. The van der Waals surface area contributed by atoms with Crippen LogP contribution in [-0.2, 0) is 5.41 Å². The summed E-state index contributed by atoms with van der Waals surface area (Å²) in [5, 5.41) is 10.1. The van der Waals surface area contributed by atoms with Crippen molar-refractivity contribution in [3.8, 4) is 11.1 Å². The van der Waals surface area contributed by atoms with Gasteiger partial charge in [-0.2, -0.15) is 0 Å². The zero-order valence-corrected chi connectivity index (χ0v) is 32.6. The summed E-state index contributed by atoms with van der Waals surface area (Å²) in [5.74, 6) is 0.886. The monoisotopic (exact) mass is 731 g/mol. The first-order chi connectivity index (χ1) is 27.9. The van der Waals surface area contributed by atoms with Crippen LogP contribution < -0.4 is 9.80 Å². The minimum Gasteiger partial charge on any atom is -0.310 e. The molecule has 0 unspecified atom stereocenters. The van der Waals surface area contributed by atoms with Gasteiger partial charge in [0.2, 0.25) is 0 Å². The van der Waals surface area contributed by atoms with Gasteiger partial charge in [-0.15, -0.1) is 0 Å². The number of aryl methyl sites for hydroxylation is 2. The van der Waals surface area contributed by atoms with Crippen molar-refractivity contribution >= 4 is 77.3 Å². The molecule has 0 N–H and O–H groups in total. The molecule has 10 aromatic rings. The summed E-state index contributed by atoms with van der Waals surface area (Å²) >= 11 is 0. The number of hydrogen-bond acceptors (Lipinski definition) is 3. The number of anilines is 6. The van der Waals surface area contributed by atoms with Crippen molar-refractivity contribution in [1.82, 2.24) is 4.98 Å². The van der Waals surface area contributed by atoms with E-state index in [4.69, 9.17) is 4.98 Å². The van der Waals surface area contributed by atoms with Gasteiger partial charge in [-0.1, -0.05) is 123 Å². The second-order valence-electron chi connectivity index (χ2n) is 16.1. The lowest BCUT2D eigenvalue weighted by Crippen LogP contribution is -2.17. The Hall–Kier alpha value is -6.97. The van der Waals surface area contributed by atoms with Gasteiger partial charge in [0.15, 0.2) is 0 Å². The summed E-state index contributed by atoms with van der Waals surface area (Å²) in [6.07, 6.45) is 1.88. The second-order valence-corrected chi connectivity index (χ2v) is 16.1. The van der Waals surface area contributed by atoms with Crippen LogP contribution in [0.4, 0.5) is 34.3 Å². The fourth-order valence-electron chi connectivity index (χ4n) is 9.89. The molecule has 0 spiro atoms. The smallest absolute Gasteiger partial charge is 0.137 e. The summed E-state index contributed by atoms with van der Waals surface area (Å²) in [7, 11) is 0. The Bertz CT molecular complexity index is 3130. The van der Waals surface area contributed by atoms with Crippen molar-refractivity contribution in [1.29, 1.82) is 0 Å². The van der Waals surface area contributed by atoms with Gasteiger partial charge in [-0.3, -0.25) is 4.90 Å². The molecule has 0 saturated carbocycles. The largest absolute Gasteiger partial charge is 0.310 e. The lowest BCUT2D eigenvalue weighted by Gasteiger charge is -2.31. The molecule has 0 aliphatic heterocycles. The molecule has 0 bridgehead atoms. The quantitative estimate of drug-likeness (QED) is 0.125. The van der Waals surface area contributed by atoms with Crippen LogP contribution in [0.15, 0.2) is 176 Å². The fraction of sp³-hybridized carbons (Fsp3) is 0.0926. The predicted octanol–water partition coefficient (Wildman–Crippen LogP) is 15.0. The molecular weight excluding hydrogens is 691 g/mol. The van der Waals surface area contributed by atoms with E-state index >= 15 is 0 Å². The summed E-state index contributed by atoms with van der Waals surface area (Å²) in [4.78, 5) is 9.72. The molecule has 1 aliphatic carbocycles. The first-order valence-corrected chi connectivity index (χ1v) is 19.9. The molecule has 3 nitrogen and oxygen atoms in total. The van der Waals surface area contributed by atoms with Crippen molar-refractivity contribution in [2.24, 2.45) is 0 Å². The van der Waals surface area contributed by atoms with Gasteiger partial charge in [0.05, 0.1) is 11.4 Å². The van der Waals surface area contributed by atoms with E-state index in [1.165, 1.54) is 82.2 Å². The van der Waals surface area contributed by atoms with E-state index in [2.05, 4.69) is 201 Å². The van der Waals surface area contributed by atoms with Gasteiger partial charge in [0.25, 0.3) is 0 Å². The van der Waals surface area contributed by atoms with Crippen molar-refractivity contribution in [3.05, 3.63) is 198 Å². The third-order valence-corrected chi connectivity index (χ3v) is 12.4. The van der Waals surface area contributed by atoms with Crippen LogP contribution in [-0.4, -0.2) is 4.98 Å². The van der Waals surface area contributed by atoms with E-state index in [0.29, 0.717) is 0 Å². The molecule has 11 rings (SSSR count). The fourth-order valence-corrected chi connectivity index (χ4v) is 9.89. The third-order valence-electron chi connectivity index (χ3n) is 12.4. The highest BCUT2D eigenvalue weighted by Crippen LogP contribution is 2.54. The molecule has 1 aliphatic rings. The van der Waals surface area contributed by atoms with Crippen LogP contribution in [0.2, 0.25) is 0 Å². The van der Waals surface area contributed by atoms with Crippen molar-refractivity contribution in [2.45, 2.75) is 33.1 Å². The Kier molecular flexibility index (Phi) is 7.33. The zero-order valence-electron chi connectivity index (χ0n) is 32.6. The molecule has 3 heteroatoms. The van der Waals surface area contributed by atoms with Gasteiger partial charge >= 0.3 is 0 Å². The van der Waals surface area contributed by atoms with Gasteiger partial charge in [0, 0.05) is 50.2 Å². The topological polar surface area (TPSA) is 19.4 Å². The number of rotatable bonds is 6. The van der Waals surface area contributed by atoms with Crippen LogP contribution >= 0.6 is 0 Å². The van der Waals surface area contributed by atoms with Gasteiger partial charge in [-0.25, -0.2) is 4.98 Å². The van der Waals surface area contributed by atoms with E-state index in [0.717, 1.165) is 28.6 Å². The Morgan fingerprint density at radius 2 is 1.00 bits per heavy atom. The predicted molar refractivity (Wildman–Crippen MR) is 242 cm³/mol. The van der Waals surface area contributed by atoms with E-state index in [1.54, 1.807) is 0 Å². The van der Waals surface area contributed by atoms with Crippen LogP contribution in [0.3, 0.4) is 0 Å². The van der Waals surface area contributed by atoms with Crippen LogP contribution in [0.25, 0.3) is 54.2 Å². The third kappa shape index (κ3) is 4.88. The standard InChI is InChI=1S/C54H41N3/c1-34-31-48(56(36-17-7-5-8-18-36)38-26-27-41-40-21-13-14-24-45(40)54(3,4)46(41)33-38)51-43-23-12-11-22-42(43)50-35(2)32-47(44-29-28-39(34)52(51)53(44)50)57(37-19-9-6-10-20-37)49-25-15-16-30-55-49/h5-33H,1-4H3. The summed E-state index contributed by atoms with van der Waals surface area (Å²) < 4.78 is 0. The Balaban J connectivity index is 1.26. The van der Waals surface area contributed by atoms with Crippen LogP contribution in [0.1, 0.15) is 36.1 Å². The average Bonchev–Trinajstić information content (AvgIpc) is 3.48. The van der Waals surface area contributed by atoms with E-state index in [9.17, 15) is 0 Å². The number of para-hydroxylation sites is 2. The van der Waals surface area contributed by atoms with E-state index in [1.807, 2.05) is 12.3 Å². The first kappa shape index (κ1) is 33.4. The Labute approximate surface area is 333 Å². The number of nitrogens with zero attached hydrogens (tertiary/aromatic N) is 3. The number of fused-ring (bicyclic) bond motifs is 6. The molecule has 0 saturated heterocycles. The first-order valence-electron chi connectivity index (χ1n) is 19.9. The number of benzene rings is 9. The van der Waals surface area contributed by atoms with Crippen LogP contribution in [0, 0.1) is 13.8 Å². The normalized spacial score (nSPS) is 13.1. The maximum Gasteiger partial charge on any atom is 0.137 e. The van der Waals surface area contributed by atoms with Crippen molar-refractivity contribution in [2.75, 3.05) is 9.80 Å². The SMILES string of the molecule is Cc1cc(N(c2ccccc2)c2ccc3c(c2)C(C)(C)c2ccccc2-3)c2c3ccccc3c3c(C)cc(N(c4ccccc4)c4ccccn4)c4ccc1c2c43. The van der Waals surface area contributed by atoms with Gasteiger partial charge in [-0.05, 0) is 129 Å². The highest BCUT2D eigenvalue weighted by molar-refractivity contribution is 6.38. The highest BCUT2D eigenvalue weighted by Gasteiger charge is 2.36. The number of aromatic nitrogens is 1. The summed E-state index contributed by atoms with van der Waals surface area (Å²) in [6, 6.07) is 62.2. The van der Waals surface area contributed by atoms with Gasteiger partial charge < -0.3 is 4.90 Å². The summed E-state index contributed by atoms with van der Waals surface area (Å²) in [5.41, 5.74) is 13.4. The van der Waals surface area contributed by atoms with Gasteiger partial charge in [0.1, 0.15) is 5.82 Å². The van der Waals surface area contributed by atoms with E-state index < -0.39 is 0 Å². The molecule has 57 heavy (non-hydrogen) atoms. The average molecular weight is 732 g/mol. The number of pyridine rings is 1. The maximum absolute atomic E-state index is 4.91. The maximum atomic E-state index is 4.91. The van der Waals surface area contributed by atoms with Crippen molar-refractivity contribution in [3.63, 3.8) is 0 Å². The van der Waals surface area contributed by atoms with Crippen molar-refractivity contribution < 1.29 is 0 Å². The Morgan fingerprint density at radius 1 is 0.404 bits per heavy atom. The molecule has 0 fully saturated rings. The molecule has 0 atom stereocenters. The molecule has 0 radical (unpaired) electrons. The number of hydrogen-bond donors (Lipinski definition) is 0. The molecule has 0 amide bonds. The minimum atomic E-state index is -0.123. The lowest BCUT2D eigenvalue weighted by atomic mass is 9.82. The minimum absolute atomic E-state index is 0.123. The second kappa shape index (κ2) is 12.5. The summed E-state index contributed by atoms with van der Waals surface area (Å²) in [6.45, 7) is 9.29. The molecule has 9 aromatic carbocycles. The van der Waals surface area contributed by atoms with E-state index in [-0.39, 0.29) is 5.41 Å². The molecule has 272 valence electrons. The molecule has 1 aromatic heterocycles.